The Balaban J connectivity index is 2.23. The van der Waals surface area contributed by atoms with Gasteiger partial charge in [-0.05, 0) is 30.8 Å². The summed E-state index contributed by atoms with van der Waals surface area (Å²) in [7, 11) is 1.93. The van der Waals surface area contributed by atoms with Gasteiger partial charge in [0.25, 0.3) is 0 Å². The first kappa shape index (κ1) is 10.9. The number of hydrogen-bond donors (Lipinski definition) is 2. The van der Waals surface area contributed by atoms with Gasteiger partial charge in [0, 0.05) is 18.1 Å². The monoisotopic (exact) mass is 236 g/mol. The van der Waals surface area contributed by atoms with E-state index in [1.54, 1.807) is 6.20 Å². The molecule has 0 saturated carbocycles. The molecule has 2 rings (SSSR count). The van der Waals surface area contributed by atoms with E-state index < -0.39 is 0 Å². The molecule has 2 aromatic heterocycles. The molecule has 2 aromatic rings. The summed E-state index contributed by atoms with van der Waals surface area (Å²) in [5, 5.41) is 8.90. The fourth-order valence-electron chi connectivity index (χ4n) is 1.14. The molecule has 2 heterocycles. The standard InChI is InChI=1S/C9H12N6S/c1-6-13-14-9(15(6)2)16-7-3-4-11-8(5-7)12-10/h3-5H,10H2,1-2H3,(H,11,12). The van der Waals surface area contributed by atoms with Crippen molar-refractivity contribution in [1.29, 1.82) is 0 Å². The highest BCUT2D eigenvalue weighted by Crippen LogP contribution is 2.26. The van der Waals surface area contributed by atoms with Crippen molar-refractivity contribution in [3.8, 4) is 0 Å². The number of aryl methyl sites for hydroxylation is 1. The number of hydrazine groups is 1. The number of hydrogen-bond acceptors (Lipinski definition) is 6. The first-order valence-corrected chi connectivity index (χ1v) is 5.49. The number of nitrogen functional groups attached to an aromatic ring is 1. The fraction of sp³-hybridized carbons (Fsp3) is 0.222. The van der Waals surface area contributed by atoms with E-state index in [1.165, 1.54) is 11.8 Å². The van der Waals surface area contributed by atoms with Crippen LogP contribution in [0.3, 0.4) is 0 Å². The zero-order valence-electron chi connectivity index (χ0n) is 9.01. The molecule has 0 fully saturated rings. The molecular weight excluding hydrogens is 224 g/mol. The quantitative estimate of drug-likeness (QED) is 0.610. The summed E-state index contributed by atoms with van der Waals surface area (Å²) in [5.41, 5.74) is 2.51. The lowest BCUT2D eigenvalue weighted by Gasteiger charge is -2.03. The third-order valence-electron chi connectivity index (χ3n) is 2.14. The van der Waals surface area contributed by atoms with Crippen LogP contribution in [0.15, 0.2) is 28.4 Å². The van der Waals surface area contributed by atoms with E-state index in [2.05, 4.69) is 20.6 Å². The van der Waals surface area contributed by atoms with E-state index >= 15 is 0 Å². The van der Waals surface area contributed by atoms with E-state index in [4.69, 9.17) is 5.84 Å². The number of rotatable bonds is 3. The molecule has 0 spiro atoms. The maximum Gasteiger partial charge on any atom is 0.195 e. The van der Waals surface area contributed by atoms with Crippen molar-refractivity contribution >= 4 is 17.6 Å². The van der Waals surface area contributed by atoms with Gasteiger partial charge in [0.2, 0.25) is 0 Å². The van der Waals surface area contributed by atoms with Crippen molar-refractivity contribution in [2.24, 2.45) is 12.9 Å². The zero-order chi connectivity index (χ0) is 11.5. The number of nitrogens with one attached hydrogen (secondary N) is 1. The van der Waals surface area contributed by atoms with Crippen LogP contribution in [-0.4, -0.2) is 19.7 Å². The van der Waals surface area contributed by atoms with Crippen LogP contribution in [0.1, 0.15) is 5.82 Å². The average Bonchev–Trinajstić information content (AvgIpc) is 2.61. The molecule has 0 aromatic carbocycles. The van der Waals surface area contributed by atoms with Crippen molar-refractivity contribution in [2.45, 2.75) is 17.0 Å². The van der Waals surface area contributed by atoms with E-state index in [9.17, 15) is 0 Å². The molecule has 0 bridgehead atoms. The van der Waals surface area contributed by atoms with Crippen LogP contribution in [0.4, 0.5) is 5.82 Å². The van der Waals surface area contributed by atoms with Crippen molar-refractivity contribution in [2.75, 3.05) is 5.43 Å². The maximum absolute atomic E-state index is 5.29. The Morgan fingerprint density at radius 3 is 2.88 bits per heavy atom. The number of aromatic nitrogens is 4. The zero-order valence-corrected chi connectivity index (χ0v) is 9.82. The molecule has 0 unspecified atom stereocenters. The third-order valence-corrected chi connectivity index (χ3v) is 3.17. The van der Waals surface area contributed by atoms with Crippen LogP contribution in [-0.2, 0) is 7.05 Å². The van der Waals surface area contributed by atoms with Crippen molar-refractivity contribution < 1.29 is 0 Å². The molecule has 0 aliphatic carbocycles. The number of pyridine rings is 1. The minimum Gasteiger partial charge on any atom is -0.309 e. The van der Waals surface area contributed by atoms with Gasteiger partial charge < -0.3 is 9.99 Å². The molecule has 7 heteroatoms. The van der Waals surface area contributed by atoms with Gasteiger partial charge in [-0.2, -0.15) is 0 Å². The lowest BCUT2D eigenvalue weighted by atomic mass is 10.5. The smallest absolute Gasteiger partial charge is 0.195 e. The number of nitrogens with two attached hydrogens (primary N) is 1. The highest BCUT2D eigenvalue weighted by Gasteiger charge is 2.07. The maximum atomic E-state index is 5.29. The van der Waals surface area contributed by atoms with Crippen molar-refractivity contribution in [3.05, 3.63) is 24.2 Å². The van der Waals surface area contributed by atoms with Gasteiger partial charge in [0.15, 0.2) is 5.16 Å². The molecule has 0 radical (unpaired) electrons. The van der Waals surface area contributed by atoms with E-state index in [-0.39, 0.29) is 0 Å². The Labute approximate surface area is 97.2 Å². The largest absolute Gasteiger partial charge is 0.309 e. The Morgan fingerprint density at radius 1 is 1.44 bits per heavy atom. The molecule has 16 heavy (non-hydrogen) atoms. The van der Waals surface area contributed by atoms with Gasteiger partial charge in [-0.1, -0.05) is 0 Å². The lowest BCUT2D eigenvalue weighted by Crippen LogP contribution is -2.08. The Bertz CT molecular complexity index is 494. The summed E-state index contributed by atoms with van der Waals surface area (Å²) in [6.07, 6.45) is 1.70. The minimum atomic E-state index is 0.629. The Hall–Kier alpha value is -1.60. The van der Waals surface area contributed by atoms with Gasteiger partial charge in [0.1, 0.15) is 11.6 Å². The summed E-state index contributed by atoms with van der Waals surface area (Å²) in [6, 6.07) is 3.75. The number of nitrogens with zero attached hydrogens (tertiary/aromatic N) is 4. The van der Waals surface area contributed by atoms with Crippen molar-refractivity contribution in [3.63, 3.8) is 0 Å². The van der Waals surface area contributed by atoms with Gasteiger partial charge >= 0.3 is 0 Å². The van der Waals surface area contributed by atoms with E-state index in [0.29, 0.717) is 5.82 Å². The predicted molar refractivity (Wildman–Crippen MR) is 61.9 cm³/mol. The molecule has 84 valence electrons. The normalized spacial score (nSPS) is 10.4. The lowest BCUT2D eigenvalue weighted by molar-refractivity contribution is 0.765. The highest BCUT2D eigenvalue weighted by atomic mass is 32.2. The molecule has 0 aliphatic rings. The molecule has 0 aliphatic heterocycles. The van der Waals surface area contributed by atoms with Crippen LogP contribution in [0.25, 0.3) is 0 Å². The SMILES string of the molecule is Cc1nnc(Sc2ccnc(NN)c2)n1C. The first-order chi connectivity index (χ1) is 7.70. The third kappa shape index (κ3) is 2.15. The summed E-state index contributed by atoms with van der Waals surface area (Å²) in [4.78, 5) is 5.05. The summed E-state index contributed by atoms with van der Waals surface area (Å²) >= 11 is 1.52. The molecule has 3 N–H and O–H groups in total. The average molecular weight is 236 g/mol. The van der Waals surface area contributed by atoms with Crippen LogP contribution in [0.5, 0.6) is 0 Å². The van der Waals surface area contributed by atoms with E-state index in [1.807, 2.05) is 30.7 Å². The van der Waals surface area contributed by atoms with Crippen molar-refractivity contribution in [1.82, 2.24) is 19.7 Å². The van der Waals surface area contributed by atoms with Gasteiger partial charge in [-0.3, -0.25) is 0 Å². The molecule has 0 saturated heterocycles. The second kappa shape index (κ2) is 4.50. The molecular formula is C9H12N6S. The summed E-state index contributed by atoms with van der Waals surface area (Å²) in [6.45, 7) is 1.91. The van der Waals surface area contributed by atoms with Gasteiger partial charge in [-0.15, -0.1) is 10.2 Å². The second-order valence-electron chi connectivity index (χ2n) is 3.21. The van der Waals surface area contributed by atoms with Crippen LogP contribution < -0.4 is 11.3 Å². The van der Waals surface area contributed by atoms with E-state index in [0.717, 1.165) is 15.9 Å². The molecule has 0 amide bonds. The Morgan fingerprint density at radius 2 is 2.25 bits per heavy atom. The second-order valence-corrected chi connectivity index (χ2v) is 4.25. The summed E-state index contributed by atoms with van der Waals surface area (Å²) in [5.74, 6) is 6.80. The van der Waals surface area contributed by atoms with Crippen LogP contribution in [0, 0.1) is 6.92 Å². The molecule has 0 atom stereocenters. The summed E-state index contributed by atoms with van der Waals surface area (Å²) < 4.78 is 1.93. The van der Waals surface area contributed by atoms with Gasteiger partial charge in [0.05, 0.1) is 0 Å². The van der Waals surface area contributed by atoms with Crippen LogP contribution in [0.2, 0.25) is 0 Å². The number of anilines is 1. The minimum absolute atomic E-state index is 0.629. The fourth-order valence-corrected chi connectivity index (χ4v) is 2.00. The topological polar surface area (TPSA) is 81.7 Å². The van der Waals surface area contributed by atoms with Crippen LogP contribution >= 0.6 is 11.8 Å². The molecule has 6 nitrogen and oxygen atoms in total. The predicted octanol–water partition coefficient (Wildman–Crippen LogP) is 0.955. The van der Waals surface area contributed by atoms with Gasteiger partial charge in [-0.25, -0.2) is 10.8 Å². The Kier molecular flexibility index (Phi) is 3.07. The first-order valence-electron chi connectivity index (χ1n) is 4.67. The highest BCUT2D eigenvalue weighted by molar-refractivity contribution is 7.99.